The molecule has 1 amide bonds. The van der Waals surface area contributed by atoms with E-state index in [0.29, 0.717) is 0 Å². The van der Waals surface area contributed by atoms with Gasteiger partial charge in [-0.15, -0.1) is 0 Å². The number of hydrogen-bond donors (Lipinski definition) is 1. The lowest BCUT2D eigenvalue weighted by atomic mass is 10.0. The lowest BCUT2D eigenvalue weighted by Crippen LogP contribution is -2.38. The number of amides is 1. The van der Waals surface area contributed by atoms with Crippen molar-refractivity contribution in [3.63, 3.8) is 0 Å². The predicted octanol–water partition coefficient (Wildman–Crippen LogP) is 2.53. The molecule has 0 bridgehead atoms. The minimum Gasteiger partial charge on any atom is -0.386 e. The first kappa shape index (κ1) is 14.5. The maximum Gasteiger partial charge on any atom is 0.246 e. The van der Waals surface area contributed by atoms with E-state index in [4.69, 9.17) is 0 Å². The van der Waals surface area contributed by atoms with Crippen molar-refractivity contribution in [3.8, 4) is 0 Å². The molecule has 0 radical (unpaired) electrons. The predicted molar refractivity (Wildman–Crippen MR) is 73.1 cm³/mol. The molecule has 0 spiro atoms. The second-order valence-corrected chi connectivity index (χ2v) is 4.77. The molecule has 0 fully saturated rings. The summed E-state index contributed by atoms with van der Waals surface area (Å²) in [4.78, 5) is 13.4. The first-order valence-electron chi connectivity index (χ1n) is 6.08. The van der Waals surface area contributed by atoms with Gasteiger partial charge < -0.3 is 10.0 Å². The van der Waals surface area contributed by atoms with Gasteiger partial charge in [0.25, 0.3) is 0 Å². The van der Waals surface area contributed by atoms with Gasteiger partial charge >= 0.3 is 0 Å². The number of benzene rings is 1. The summed E-state index contributed by atoms with van der Waals surface area (Å²) in [6.07, 6.45) is 0.902. The summed E-state index contributed by atoms with van der Waals surface area (Å²) in [6, 6.07) is 9.11. The third-order valence-electron chi connectivity index (χ3n) is 2.97. The van der Waals surface area contributed by atoms with Crippen molar-refractivity contribution in [2.24, 2.45) is 0 Å². The molecule has 0 saturated carbocycles. The summed E-state index contributed by atoms with van der Waals surface area (Å²) < 4.78 is 0. The van der Waals surface area contributed by atoms with Gasteiger partial charge in [0, 0.05) is 13.1 Å². The van der Waals surface area contributed by atoms with E-state index in [2.05, 4.69) is 0 Å². The van der Waals surface area contributed by atoms with Gasteiger partial charge in [0.1, 0.15) is 0 Å². The quantitative estimate of drug-likeness (QED) is 0.831. The third kappa shape index (κ3) is 3.70. The fourth-order valence-electron chi connectivity index (χ4n) is 1.69. The van der Waals surface area contributed by atoms with Crippen LogP contribution in [0, 0.1) is 0 Å². The van der Waals surface area contributed by atoms with E-state index >= 15 is 0 Å². The van der Waals surface area contributed by atoms with Crippen LogP contribution in [0.15, 0.2) is 42.0 Å². The van der Waals surface area contributed by atoms with Crippen LogP contribution in [0.25, 0.3) is 0 Å². The highest BCUT2D eigenvalue weighted by atomic mass is 16.3. The number of likely N-dealkylation sites (N-methyl/N-ethyl adjacent to an activating group) is 1. The molecular formula is C15H21NO2. The standard InChI is InChI=1S/C15H21NO2/c1-11(2)10-14(17)16(4)12(3)15(18)13-8-6-5-7-9-13/h5-10,12,15,18H,1-4H3/t12-,15+/m0/s1. The van der Waals surface area contributed by atoms with Gasteiger partial charge in [-0.3, -0.25) is 4.79 Å². The Hall–Kier alpha value is -1.61. The lowest BCUT2D eigenvalue weighted by molar-refractivity contribution is -0.128. The molecule has 0 aliphatic carbocycles. The number of rotatable bonds is 4. The SMILES string of the molecule is CC(C)=CC(=O)N(C)[C@@H](C)[C@@H](O)c1ccccc1. The average Bonchev–Trinajstić information content (AvgIpc) is 2.36. The number of nitrogens with zero attached hydrogens (tertiary/aromatic N) is 1. The van der Waals surface area contributed by atoms with Crippen LogP contribution >= 0.6 is 0 Å². The molecule has 2 atom stereocenters. The molecule has 0 heterocycles. The van der Waals surface area contributed by atoms with Crippen LogP contribution in [-0.4, -0.2) is 29.0 Å². The van der Waals surface area contributed by atoms with Crippen molar-refractivity contribution in [1.82, 2.24) is 4.90 Å². The normalized spacial score (nSPS) is 13.6. The molecule has 0 aliphatic rings. The highest BCUT2D eigenvalue weighted by Gasteiger charge is 2.22. The molecule has 18 heavy (non-hydrogen) atoms. The van der Waals surface area contributed by atoms with E-state index in [9.17, 15) is 9.90 Å². The van der Waals surface area contributed by atoms with E-state index in [1.54, 1.807) is 18.0 Å². The summed E-state index contributed by atoms with van der Waals surface area (Å²) in [5.74, 6) is -0.0857. The Balaban J connectivity index is 2.78. The van der Waals surface area contributed by atoms with Crippen LogP contribution in [0.2, 0.25) is 0 Å². The third-order valence-corrected chi connectivity index (χ3v) is 2.97. The van der Waals surface area contributed by atoms with E-state index in [0.717, 1.165) is 11.1 Å². The van der Waals surface area contributed by atoms with Crippen molar-refractivity contribution in [2.45, 2.75) is 32.9 Å². The summed E-state index contributed by atoms with van der Waals surface area (Å²) in [6.45, 7) is 5.60. The number of aliphatic hydroxyl groups is 1. The molecule has 0 aromatic heterocycles. The second kappa shape index (κ2) is 6.36. The first-order valence-corrected chi connectivity index (χ1v) is 6.08. The van der Waals surface area contributed by atoms with Crippen molar-refractivity contribution >= 4 is 5.91 Å². The fraction of sp³-hybridized carbons (Fsp3) is 0.400. The molecule has 1 N–H and O–H groups in total. The Morgan fingerprint density at radius 2 is 1.83 bits per heavy atom. The minimum absolute atomic E-state index is 0.0857. The van der Waals surface area contributed by atoms with Crippen molar-refractivity contribution in [3.05, 3.63) is 47.5 Å². The van der Waals surface area contributed by atoms with E-state index < -0.39 is 6.10 Å². The summed E-state index contributed by atoms with van der Waals surface area (Å²) >= 11 is 0. The second-order valence-electron chi connectivity index (χ2n) is 4.77. The minimum atomic E-state index is -0.675. The molecule has 0 saturated heterocycles. The lowest BCUT2D eigenvalue weighted by Gasteiger charge is -2.28. The Kier molecular flexibility index (Phi) is 5.10. The molecule has 1 aromatic carbocycles. The van der Waals surface area contributed by atoms with Gasteiger partial charge in [0.2, 0.25) is 5.91 Å². The zero-order valence-electron chi connectivity index (χ0n) is 11.4. The van der Waals surface area contributed by atoms with Crippen molar-refractivity contribution < 1.29 is 9.90 Å². The van der Waals surface area contributed by atoms with Crippen molar-refractivity contribution in [2.75, 3.05) is 7.05 Å². The Morgan fingerprint density at radius 1 is 1.28 bits per heavy atom. The molecule has 0 aliphatic heterocycles. The van der Waals surface area contributed by atoms with Gasteiger partial charge in [-0.25, -0.2) is 0 Å². The topological polar surface area (TPSA) is 40.5 Å². The first-order chi connectivity index (χ1) is 8.43. The van der Waals surface area contributed by atoms with E-state index in [1.165, 1.54) is 0 Å². The zero-order valence-corrected chi connectivity index (χ0v) is 11.4. The summed E-state index contributed by atoms with van der Waals surface area (Å²) in [7, 11) is 1.71. The Morgan fingerprint density at radius 3 is 2.33 bits per heavy atom. The molecule has 98 valence electrons. The van der Waals surface area contributed by atoms with E-state index in [-0.39, 0.29) is 11.9 Å². The molecular weight excluding hydrogens is 226 g/mol. The number of carbonyl (C=O) groups is 1. The number of carbonyl (C=O) groups excluding carboxylic acids is 1. The molecule has 1 rings (SSSR count). The number of allylic oxidation sites excluding steroid dienone is 1. The van der Waals surface area contributed by atoms with Gasteiger partial charge in [-0.05, 0) is 26.3 Å². The fourth-order valence-corrected chi connectivity index (χ4v) is 1.69. The smallest absolute Gasteiger partial charge is 0.246 e. The molecule has 3 nitrogen and oxygen atoms in total. The monoisotopic (exact) mass is 247 g/mol. The van der Waals surface area contributed by atoms with Crippen molar-refractivity contribution in [1.29, 1.82) is 0 Å². The van der Waals surface area contributed by atoms with Gasteiger partial charge in [0.15, 0.2) is 0 Å². The van der Waals surface area contributed by atoms with E-state index in [1.807, 2.05) is 51.1 Å². The summed E-state index contributed by atoms with van der Waals surface area (Å²) in [5.41, 5.74) is 1.77. The Labute approximate surface area is 109 Å². The Bertz CT molecular complexity index is 421. The maximum absolute atomic E-state index is 11.9. The summed E-state index contributed by atoms with van der Waals surface area (Å²) in [5, 5.41) is 10.2. The number of aliphatic hydroxyl groups excluding tert-OH is 1. The largest absolute Gasteiger partial charge is 0.386 e. The molecule has 1 aromatic rings. The van der Waals surface area contributed by atoms with Crippen LogP contribution in [0.1, 0.15) is 32.4 Å². The van der Waals surface area contributed by atoms with Gasteiger partial charge in [-0.1, -0.05) is 35.9 Å². The van der Waals surface area contributed by atoms with Crippen LogP contribution in [0.5, 0.6) is 0 Å². The maximum atomic E-state index is 11.9. The average molecular weight is 247 g/mol. The zero-order chi connectivity index (χ0) is 13.7. The molecule has 0 unspecified atom stereocenters. The van der Waals surface area contributed by atoms with Gasteiger partial charge in [0.05, 0.1) is 12.1 Å². The highest BCUT2D eigenvalue weighted by molar-refractivity contribution is 5.88. The highest BCUT2D eigenvalue weighted by Crippen LogP contribution is 2.20. The number of hydrogen-bond acceptors (Lipinski definition) is 2. The molecule has 3 heteroatoms. The van der Waals surface area contributed by atoms with Crippen LogP contribution in [0.3, 0.4) is 0 Å². The van der Waals surface area contributed by atoms with Crippen LogP contribution < -0.4 is 0 Å². The van der Waals surface area contributed by atoms with Crippen LogP contribution in [-0.2, 0) is 4.79 Å². The van der Waals surface area contributed by atoms with Crippen LogP contribution in [0.4, 0.5) is 0 Å². The van der Waals surface area contributed by atoms with Gasteiger partial charge in [-0.2, -0.15) is 0 Å².